The van der Waals surface area contributed by atoms with Crippen LogP contribution in [0.3, 0.4) is 0 Å². The monoisotopic (exact) mass is 349 g/mol. The highest BCUT2D eigenvalue weighted by atomic mass is 127. The second-order valence-corrected chi connectivity index (χ2v) is 5.12. The van der Waals surface area contributed by atoms with Gasteiger partial charge in [-0.15, -0.1) is 0 Å². The zero-order valence-electron chi connectivity index (χ0n) is 9.64. The maximum absolute atomic E-state index is 11.9. The molecule has 90 valence electrons. The van der Waals surface area contributed by atoms with Gasteiger partial charge in [-0.25, -0.2) is 0 Å². The molecule has 2 rings (SSSR count). The van der Waals surface area contributed by atoms with Crippen LogP contribution in [0.4, 0.5) is 5.69 Å². The molecule has 0 saturated heterocycles. The summed E-state index contributed by atoms with van der Waals surface area (Å²) < 4.78 is 1.18. The topological polar surface area (TPSA) is 43.1 Å². The third-order valence-electron chi connectivity index (χ3n) is 2.49. The van der Waals surface area contributed by atoms with Crippen molar-refractivity contribution in [3.05, 3.63) is 69.3 Å². The minimum Gasteiger partial charge on any atom is -0.399 e. The van der Waals surface area contributed by atoms with Crippen molar-refractivity contribution in [2.75, 3.05) is 5.73 Å². The average molecular weight is 349 g/mol. The van der Waals surface area contributed by atoms with Crippen LogP contribution in [-0.4, -0.2) is 5.78 Å². The Labute approximate surface area is 120 Å². The number of benzene rings is 2. The molecular weight excluding hydrogens is 337 g/mol. The van der Waals surface area contributed by atoms with Gasteiger partial charge in [-0.1, -0.05) is 18.2 Å². The highest BCUT2D eigenvalue weighted by Crippen LogP contribution is 2.10. The third kappa shape index (κ3) is 3.43. The van der Waals surface area contributed by atoms with E-state index < -0.39 is 0 Å². The van der Waals surface area contributed by atoms with E-state index in [1.54, 1.807) is 30.3 Å². The second-order valence-electron chi connectivity index (χ2n) is 3.87. The minimum absolute atomic E-state index is 0.0199. The van der Waals surface area contributed by atoms with Gasteiger partial charge in [0.25, 0.3) is 0 Å². The minimum atomic E-state index is -0.0199. The zero-order valence-corrected chi connectivity index (χ0v) is 11.8. The molecule has 0 radical (unpaired) electrons. The molecule has 2 N–H and O–H groups in total. The Morgan fingerprint density at radius 1 is 1.00 bits per heavy atom. The summed E-state index contributed by atoms with van der Waals surface area (Å²) in [6, 6.07) is 14.9. The summed E-state index contributed by atoms with van der Waals surface area (Å²) in [6.07, 6.45) is 3.39. The number of carbonyl (C=O) groups excluding carboxylic acids is 1. The maximum Gasteiger partial charge on any atom is 0.185 e. The van der Waals surface area contributed by atoms with Crippen molar-refractivity contribution in [2.45, 2.75) is 0 Å². The Bertz CT molecular complexity index is 570. The van der Waals surface area contributed by atoms with Gasteiger partial charge in [0.05, 0.1) is 0 Å². The molecule has 0 heterocycles. The van der Waals surface area contributed by atoms with Crippen LogP contribution < -0.4 is 5.73 Å². The molecule has 0 aliphatic carbocycles. The molecule has 0 atom stereocenters. The summed E-state index contributed by atoms with van der Waals surface area (Å²) >= 11 is 2.25. The van der Waals surface area contributed by atoms with E-state index in [1.807, 2.05) is 30.3 Å². The first-order chi connectivity index (χ1) is 8.65. The molecule has 3 heteroatoms. The number of nitrogen functional groups attached to an aromatic ring is 1. The molecule has 0 aliphatic heterocycles. The maximum atomic E-state index is 11.9. The molecule has 2 aromatic carbocycles. The number of carbonyl (C=O) groups is 1. The smallest absolute Gasteiger partial charge is 0.185 e. The first-order valence-corrected chi connectivity index (χ1v) is 6.56. The van der Waals surface area contributed by atoms with Crippen LogP contribution in [0.1, 0.15) is 15.9 Å². The normalized spacial score (nSPS) is 10.7. The van der Waals surface area contributed by atoms with Crippen molar-refractivity contribution in [3.8, 4) is 0 Å². The van der Waals surface area contributed by atoms with Crippen LogP contribution in [0.5, 0.6) is 0 Å². The van der Waals surface area contributed by atoms with Gasteiger partial charge in [-0.3, -0.25) is 4.79 Å². The van der Waals surface area contributed by atoms with E-state index in [-0.39, 0.29) is 5.78 Å². The lowest BCUT2D eigenvalue weighted by molar-refractivity contribution is 0.104. The first-order valence-electron chi connectivity index (χ1n) is 5.49. The second kappa shape index (κ2) is 5.82. The van der Waals surface area contributed by atoms with Crippen LogP contribution in [0.2, 0.25) is 0 Å². The molecule has 0 spiro atoms. The summed E-state index contributed by atoms with van der Waals surface area (Å²) in [5, 5.41) is 0. The number of hydrogen-bond acceptors (Lipinski definition) is 2. The molecule has 0 unspecified atom stereocenters. The summed E-state index contributed by atoms with van der Waals surface area (Å²) in [7, 11) is 0. The van der Waals surface area contributed by atoms with E-state index >= 15 is 0 Å². The van der Waals surface area contributed by atoms with Gasteiger partial charge in [-0.2, -0.15) is 0 Å². The molecule has 0 saturated carbocycles. The van der Waals surface area contributed by atoms with Crippen molar-refractivity contribution in [1.29, 1.82) is 0 Å². The highest BCUT2D eigenvalue weighted by Gasteiger charge is 2.00. The Balaban J connectivity index is 2.11. The van der Waals surface area contributed by atoms with E-state index in [1.165, 1.54) is 3.57 Å². The van der Waals surface area contributed by atoms with Crippen LogP contribution in [0, 0.1) is 3.57 Å². The summed E-state index contributed by atoms with van der Waals surface area (Å²) in [5.74, 6) is -0.0199. The number of allylic oxidation sites excluding steroid dienone is 1. The molecule has 0 bridgehead atoms. The summed E-state index contributed by atoms with van der Waals surface area (Å²) in [6.45, 7) is 0. The highest BCUT2D eigenvalue weighted by molar-refractivity contribution is 14.1. The van der Waals surface area contributed by atoms with Crippen molar-refractivity contribution in [3.63, 3.8) is 0 Å². The molecule has 0 aliphatic rings. The third-order valence-corrected chi connectivity index (χ3v) is 3.21. The predicted molar refractivity (Wildman–Crippen MR) is 83.4 cm³/mol. The van der Waals surface area contributed by atoms with Crippen LogP contribution in [-0.2, 0) is 0 Å². The number of nitrogens with two attached hydrogens (primary N) is 1. The van der Waals surface area contributed by atoms with Crippen LogP contribution in [0.25, 0.3) is 6.08 Å². The van der Waals surface area contributed by atoms with E-state index in [0.717, 1.165) is 5.56 Å². The molecule has 0 amide bonds. The molecule has 0 fully saturated rings. The number of ketones is 1. The average Bonchev–Trinajstić information content (AvgIpc) is 2.38. The van der Waals surface area contributed by atoms with Crippen molar-refractivity contribution < 1.29 is 4.79 Å². The lowest BCUT2D eigenvalue weighted by Crippen LogP contribution is -1.94. The molecule has 2 aromatic rings. The molecule has 18 heavy (non-hydrogen) atoms. The van der Waals surface area contributed by atoms with E-state index in [9.17, 15) is 4.79 Å². The number of anilines is 1. The van der Waals surface area contributed by atoms with Gasteiger partial charge in [-0.05, 0) is 70.6 Å². The summed E-state index contributed by atoms with van der Waals surface area (Å²) in [5.41, 5.74) is 7.89. The fraction of sp³-hybridized carbons (Fsp3) is 0. The largest absolute Gasteiger partial charge is 0.399 e. The van der Waals surface area contributed by atoms with E-state index in [4.69, 9.17) is 5.73 Å². The van der Waals surface area contributed by atoms with E-state index in [0.29, 0.717) is 11.3 Å². The van der Waals surface area contributed by atoms with Crippen molar-refractivity contribution >= 4 is 40.1 Å². The lowest BCUT2D eigenvalue weighted by Gasteiger charge is -1.97. The van der Waals surface area contributed by atoms with Gasteiger partial charge in [0.15, 0.2) is 5.78 Å². The SMILES string of the molecule is Nc1ccc(C(=O)C=Cc2ccc(I)cc2)cc1. The molecule has 0 aromatic heterocycles. The van der Waals surface area contributed by atoms with Crippen molar-refractivity contribution in [2.24, 2.45) is 0 Å². The Hall–Kier alpha value is -1.62. The Morgan fingerprint density at radius 2 is 1.61 bits per heavy atom. The first kappa shape index (κ1) is 12.8. The summed E-state index contributed by atoms with van der Waals surface area (Å²) in [4.78, 5) is 11.9. The number of halogens is 1. The predicted octanol–water partition coefficient (Wildman–Crippen LogP) is 3.77. The van der Waals surface area contributed by atoms with Crippen LogP contribution >= 0.6 is 22.6 Å². The quantitative estimate of drug-likeness (QED) is 0.397. The lowest BCUT2D eigenvalue weighted by atomic mass is 10.1. The standard InChI is InChI=1S/C15H12INO/c16-13-6-1-11(2-7-13)3-10-15(18)12-4-8-14(17)9-5-12/h1-10H,17H2. The van der Waals surface area contributed by atoms with Crippen LogP contribution in [0.15, 0.2) is 54.6 Å². The zero-order chi connectivity index (χ0) is 13.0. The van der Waals surface area contributed by atoms with E-state index in [2.05, 4.69) is 22.6 Å². The number of rotatable bonds is 3. The Morgan fingerprint density at radius 3 is 2.22 bits per heavy atom. The fourth-order valence-electron chi connectivity index (χ4n) is 1.49. The van der Waals surface area contributed by atoms with Gasteiger partial charge >= 0.3 is 0 Å². The van der Waals surface area contributed by atoms with Gasteiger partial charge in [0, 0.05) is 14.8 Å². The van der Waals surface area contributed by atoms with Gasteiger partial charge in [0.2, 0.25) is 0 Å². The Kier molecular flexibility index (Phi) is 4.15. The molecular formula is C15H12INO. The fourth-order valence-corrected chi connectivity index (χ4v) is 1.85. The molecule has 2 nitrogen and oxygen atoms in total. The van der Waals surface area contributed by atoms with Crippen molar-refractivity contribution in [1.82, 2.24) is 0 Å². The van der Waals surface area contributed by atoms with Gasteiger partial charge in [0.1, 0.15) is 0 Å². The number of hydrogen-bond donors (Lipinski definition) is 1. The van der Waals surface area contributed by atoms with Gasteiger partial charge < -0.3 is 5.73 Å².